The number of fused-ring (bicyclic) bond motifs is 1. The minimum Gasteiger partial charge on any atom is -0.353 e. The Hall–Kier alpha value is -2.47. The van der Waals surface area contributed by atoms with Crippen molar-refractivity contribution in [3.05, 3.63) is 42.5 Å². The van der Waals surface area contributed by atoms with Gasteiger partial charge in [-0.1, -0.05) is 49.6 Å². The van der Waals surface area contributed by atoms with Gasteiger partial charge in [0.25, 0.3) is 0 Å². The first-order valence-corrected chi connectivity index (χ1v) is 10.2. The van der Waals surface area contributed by atoms with Crippen LogP contribution in [0.1, 0.15) is 32.1 Å². The Morgan fingerprint density at radius 1 is 0.778 bits per heavy atom. The fraction of sp³-hybridized carbons (Fsp3) is 0.476. The second-order valence-corrected chi connectivity index (χ2v) is 7.67. The zero-order valence-electron chi connectivity index (χ0n) is 15.7. The maximum atomic E-state index is 4.87. The van der Waals surface area contributed by atoms with E-state index < -0.39 is 0 Å². The smallest absolute Gasteiger partial charge is 0.185 e. The molecule has 3 aromatic rings. The molecule has 0 amide bonds. The first-order chi connectivity index (χ1) is 13.4. The van der Waals surface area contributed by atoms with Crippen molar-refractivity contribution in [3.8, 4) is 11.4 Å². The summed E-state index contributed by atoms with van der Waals surface area (Å²) in [5.74, 6) is 1.82. The van der Waals surface area contributed by atoms with E-state index in [9.17, 15) is 0 Å². The van der Waals surface area contributed by atoms with E-state index >= 15 is 0 Å². The lowest BCUT2D eigenvalue weighted by molar-refractivity contribution is 0.147. The molecule has 2 aliphatic rings. The van der Waals surface area contributed by atoms with Crippen molar-refractivity contribution in [2.45, 2.75) is 38.1 Å². The first kappa shape index (κ1) is 16.7. The average Bonchev–Trinajstić information content (AvgIpc) is 3.18. The van der Waals surface area contributed by atoms with E-state index in [1.54, 1.807) is 0 Å². The van der Waals surface area contributed by atoms with E-state index in [4.69, 9.17) is 5.10 Å². The summed E-state index contributed by atoms with van der Waals surface area (Å²) in [6.45, 7) is 4.35. The van der Waals surface area contributed by atoms with Gasteiger partial charge < -0.3 is 4.90 Å². The summed E-state index contributed by atoms with van der Waals surface area (Å²) in [6.07, 6.45) is 6.98. The molecule has 6 nitrogen and oxygen atoms in total. The molecule has 1 aromatic carbocycles. The van der Waals surface area contributed by atoms with E-state index in [1.165, 1.54) is 32.1 Å². The third-order valence-corrected chi connectivity index (χ3v) is 6.01. The van der Waals surface area contributed by atoms with Gasteiger partial charge in [0, 0.05) is 37.8 Å². The summed E-state index contributed by atoms with van der Waals surface area (Å²) in [5, 5.41) is 13.5. The van der Waals surface area contributed by atoms with Crippen LogP contribution in [0.25, 0.3) is 17.0 Å². The summed E-state index contributed by atoms with van der Waals surface area (Å²) in [6, 6.07) is 15.1. The van der Waals surface area contributed by atoms with Crippen LogP contribution < -0.4 is 4.90 Å². The highest BCUT2D eigenvalue weighted by Crippen LogP contribution is 2.25. The Morgan fingerprint density at radius 3 is 2.33 bits per heavy atom. The normalized spacial score (nSPS) is 19.6. The molecule has 1 aliphatic carbocycles. The molecule has 0 bridgehead atoms. The van der Waals surface area contributed by atoms with Crippen LogP contribution in [0.2, 0.25) is 0 Å². The molecule has 1 saturated heterocycles. The molecule has 0 spiro atoms. The largest absolute Gasteiger partial charge is 0.353 e. The lowest BCUT2D eigenvalue weighted by Gasteiger charge is -2.41. The standard InChI is InChI=1S/C21H26N6/c1-3-7-17(8-4-1)21-23-22-19-11-12-20(24-27(19)21)26-15-13-25(14-16-26)18-9-5-2-6-10-18/h1,3-4,7-8,11-12,18H,2,5-6,9-10,13-16H2. The van der Waals surface area contributed by atoms with Gasteiger partial charge in [0.05, 0.1) is 0 Å². The molecule has 2 aromatic heterocycles. The molecule has 140 valence electrons. The van der Waals surface area contributed by atoms with E-state index in [1.807, 2.05) is 40.9 Å². The Labute approximate surface area is 159 Å². The Kier molecular flexibility index (Phi) is 4.49. The van der Waals surface area contributed by atoms with Crippen molar-refractivity contribution in [1.29, 1.82) is 0 Å². The molecular formula is C21H26N6. The third-order valence-electron chi connectivity index (χ3n) is 6.01. The molecule has 0 N–H and O–H groups in total. The van der Waals surface area contributed by atoms with E-state index in [0.29, 0.717) is 0 Å². The van der Waals surface area contributed by atoms with Crippen molar-refractivity contribution >= 4 is 11.5 Å². The van der Waals surface area contributed by atoms with Crippen LogP contribution in [-0.2, 0) is 0 Å². The zero-order valence-corrected chi connectivity index (χ0v) is 15.7. The van der Waals surface area contributed by atoms with Crippen molar-refractivity contribution in [1.82, 2.24) is 24.7 Å². The lowest BCUT2D eigenvalue weighted by atomic mass is 9.94. The van der Waals surface area contributed by atoms with Gasteiger partial charge in [0.2, 0.25) is 0 Å². The number of nitrogens with zero attached hydrogens (tertiary/aromatic N) is 6. The van der Waals surface area contributed by atoms with E-state index in [0.717, 1.165) is 55.1 Å². The van der Waals surface area contributed by atoms with E-state index in [-0.39, 0.29) is 0 Å². The van der Waals surface area contributed by atoms with Gasteiger partial charge in [-0.3, -0.25) is 4.90 Å². The second kappa shape index (κ2) is 7.27. The van der Waals surface area contributed by atoms with Gasteiger partial charge >= 0.3 is 0 Å². The van der Waals surface area contributed by atoms with Crippen molar-refractivity contribution in [2.75, 3.05) is 31.1 Å². The molecule has 3 heterocycles. The molecule has 0 radical (unpaired) electrons. The number of hydrogen-bond acceptors (Lipinski definition) is 5. The fourth-order valence-corrected chi connectivity index (χ4v) is 4.48. The molecule has 27 heavy (non-hydrogen) atoms. The van der Waals surface area contributed by atoms with Crippen molar-refractivity contribution in [2.24, 2.45) is 0 Å². The van der Waals surface area contributed by atoms with Crippen LogP contribution in [-0.4, -0.2) is 56.9 Å². The Morgan fingerprint density at radius 2 is 1.56 bits per heavy atom. The van der Waals surface area contributed by atoms with Crippen molar-refractivity contribution < 1.29 is 0 Å². The Balaban J connectivity index is 1.35. The highest BCUT2D eigenvalue weighted by molar-refractivity contribution is 5.59. The monoisotopic (exact) mass is 362 g/mol. The molecule has 0 unspecified atom stereocenters. The van der Waals surface area contributed by atoms with Crippen LogP contribution in [0.15, 0.2) is 42.5 Å². The predicted molar refractivity (Wildman–Crippen MR) is 107 cm³/mol. The SMILES string of the molecule is c1ccc(-c2nnc3ccc(N4CCN(C5CCCCC5)CC4)nn23)cc1. The fourth-order valence-electron chi connectivity index (χ4n) is 4.48. The average molecular weight is 362 g/mol. The Bertz CT molecular complexity index is 891. The molecule has 1 aliphatic heterocycles. The maximum Gasteiger partial charge on any atom is 0.185 e. The topological polar surface area (TPSA) is 49.6 Å². The van der Waals surface area contributed by atoms with Crippen LogP contribution in [0.3, 0.4) is 0 Å². The maximum absolute atomic E-state index is 4.87. The van der Waals surface area contributed by atoms with Crippen molar-refractivity contribution in [3.63, 3.8) is 0 Å². The number of hydrogen-bond donors (Lipinski definition) is 0. The highest BCUT2D eigenvalue weighted by atomic mass is 15.4. The first-order valence-electron chi connectivity index (χ1n) is 10.2. The summed E-state index contributed by atoms with van der Waals surface area (Å²) in [7, 11) is 0. The van der Waals surface area contributed by atoms with Crippen LogP contribution in [0.5, 0.6) is 0 Å². The lowest BCUT2D eigenvalue weighted by Crippen LogP contribution is -2.51. The van der Waals surface area contributed by atoms with Gasteiger partial charge in [-0.2, -0.15) is 4.52 Å². The second-order valence-electron chi connectivity index (χ2n) is 7.67. The highest BCUT2D eigenvalue weighted by Gasteiger charge is 2.26. The van der Waals surface area contributed by atoms with Crippen LogP contribution >= 0.6 is 0 Å². The minimum atomic E-state index is 0.790. The number of piperazine rings is 1. The third kappa shape index (κ3) is 3.30. The summed E-state index contributed by atoms with van der Waals surface area (Å²) in [4.78, 5) is 5.09. The minimum absolute atomic E-state index is 0.790. The van der Waals surface area contributed by atoms with Gasteiger partial charge in [0.15, 0.2) is 11.5 Å². The zero-order chi connectivity index (χ0) is 18.1. The summed E-state index contributed by atoms with van der Waals surface area (Å²) >= 11 is 0. The van der Waals surface area contributed by atoms with Gasteiger partial charge in [0.1, 0.15) is 5.82 Å². The summed E-state index contributed by atoms with van der Waals surface area (Å²) in [5.41, 5.74) is 1.83. The molecule has 5 rings (SSSR count). The van der Waals surface area contributed by atoms with Crippen LogP contribution in [0.4, 0.5) is 5.82 Å². The molecule has 2 fully saturated rings. The summed E-state index contributed by atoms with van der Waals surface area (Å²) < 4.78 is 1.87. The number of anilines is 1. The number of aromatic nitrogens is 4. The van der Waals surface area contributed by atoms with Gasteiger partial charge in [-0.25, -0.2) is 0 Å². The number of benzene rings is 1. The van der Waals surface area contributed by atoms with Crippen LogP contribution in [0, 0.1) is 0 Å². The molecule has 0 atom stereocenters. The van der Waals surface area contributed by atoms with Gasteiger partial charge in [-0.15, -0.1) is 15.3 Å². The quantitative estimate of drug-likeness (QED) is 0.716. The van der Waals surface area contributed by atoms with E-state index in [2.05, 4.69) is 26.1 Å². The predicted octanol–water partition coefficient (Wildman–Crippen LogP) is 3.25. The molecule has 1 saturated carbocycles. The molecule has 6 heteroatoms. The number of rotatable bonds is 3. The molecular weight excluding hydrogens is 336 g/mol. The van der Waals surface area contributed by atoms with Gasteiger partial charge in [-0.05, 0) is 25.0 Å².